The number of carbonyl (C=O) groups excluding carboxylic acids is 1. The first-order chi connectivity index (χ1) is 8.56. The van der Waals surface area contributed by atoms with Crippen molar-refractivity contribution in [1.82, 2.24) is 4.90 Å². The summed E-state index contributed by atoms with van der Waals surface area (Å²) in [6, 6.07) is 6.59. The normalized spacial score (nSPS) is 10.9. The van der Waals surface area contributed by atoms with Gasteiger partial charge in [0.15, 0.2) is 5.84 Å². The Bertz CT molecular complexity index is 448. The zero-order valence-corrected chi connectivity index (χ0v) is 10.3. The van der Waals surface area contributed by atoms with Gasteiger partial charge < -0.3 is 25.9 Å². The predicted molar refractivity (Wildman–Crippen MR) is 68.1 cm³/mol. The Kier molecular flexibility index (Phi) is 4.79. The van der Waals surface area contributed by atoms with Gasteiger partial charge in [0.1, 0.15) is 5.75 Å². The van der Waals surface area contributed by atoms with Gasteiger partial charge in [-0.2, -0.15) is 0 Å². The lowest BCUT2D eigenvalue weighted by Crippen LogP contribution is -2.38. The van der Waals surface area contributed by atoms with Crippen LogP contribution in [0.4, 0.5) is 10.5 Å². The number of likely N-dealkylation sites (N-methyl/N-ethyl adjacent to an activating group) is 1. The lowest BCUT2D eigenvalue weighted by molar-refractivity contribution is 0.227. The maximum atomic E-state index is 11.7. The first kappa shape index (κ1) is 13.6. The van der Waals surface area contributed by atoms with Gasteiger partial charge in [-0.25, -0.2) is 4.79 Å². The Hall–Kier alpha value is -2.44. The fraction of sp³-hybridized carbons (Fsp3) is 0.273. The van der Waals surface area contributed by atoms with Crippen molar-refractivity contribution in [2.75, 3.05) is 26.0 Å². The summed E-state index contributed by atoms with van der Waals surface area (Å²) in [5.74, 6) is 0.602. The average Bonchev–Trinajstić information content (AvgIpc) is 2.38. The first-order valence-corrected chi connectivity index (χ1v) is 5.19. The number of nitrogens with zero attached hydrogens (tertiary/aromatic N) is 2. The van der Waals surface area contributed by atoms with Crippen molar-refractivity contribution in [3.8, 4) is 5.75 Å². The van der Waals surface area contributed by atoms with Crippen molar-refractivity contribution in [1.29, 1.82) is 0 Å². The largest absolute Gasteiger partial charge is 0.497 e. The molecule has 0 fully saturated rings. The third-order valence-electron chi connectivity index (χ3n) is 2.20. The summed E-state index contributed by atoms with van der Waals surface area (Å²) in [5, 5.41) is 13.9. The molecule has 0 aliphatic heterocycles. The summed E-state index contributed by atoms with van der Waals surface area (Å²) in [4.78, 5) is 13.0. The summed E-state index contributed by atoms with van der Waals surface area (Å²) < 4.78 is 5.04. The van der Waals surface area contributed by atoms with Crippen LogP contribution in [0.15, 0.2) is 29.4 Å². The molecule has 0 aliphatic carbocycles. The number of nitrogens with one attached hydrogen (secondary N) is 1. The summed E-state index contributed by atoms with van der Waals surface area (Å²) >= 11 is 0. The number of carbonyl (C=O) groups is 1. The molecule has 0 aromatic heterocycles. The molecular weight excluding hydrogens is 236 g/mol. The van der Waals surface area contributed by atoms with Crippen LogP contribution in [-0.2, 0) is 0 Å². The van der Waals surface area contributed by atoms with Gasteiger partial charge in [-0.05, 0) is 12.1 Å². The van der Waals surface area contributed by atoms with Crippen molar-refractivity contribution in [2.45, 2.75) is 0 Å². The maximum absolute atomic E-state index is 11.7. The van der Waals surface area contributed by atoms with Crippen molar-refractivity contribution in [3.63, 3.8) is 0 Å². The Morgan fingerprint density at radius 3 is 2.94 bits per heavy atom. The molecule has 2 amide bonds. The molecule has 0 atom stereocenters. The second-order valence-electron chi connectivity index (χ2n) is 3.61. The van der Waals surface area contributed by atoms with Gasteiger partial charge in [0, 0.05) is 18.8 Å². The second-order valence-corrected chi connectivity index (χ2v) is 3.61. The van der Waals surface area contributed by atoms with Crippen LogP contribution in [0.25, 0.3) is 0 Å². The highest BCUT2D eigenvalue weighted by molar-refractivity contribution is 5.93. The molecule has 18 heavy (non-hydrogen) atoms. The number of ether oxygens (including phenoxy) is 1. The molecule has 1 aromatic carbocycles. The van der Waals surface area contributed by atoms with Gasteiger partial charge in [-0.1, -0.05) is 11.2 Å². The minimum atomic E-state index is -0.366. The zero-order chi connectivity index (χ0) is 13.5. The highest BCUT2D eigenvalue weighted by Crippen LogP contribution is 2.16. The van der Waals surface area contributed by atoms with Crippen LogP contribution >= 0.6 is 0 Å². The summed E-state index contributed by atoms with van der Waals surface area (Å²) in [6.07, 6.45) is 0. The lowest BCUT2D eigenvalue weighted by Gasteiger charge is -2.17. The number of benzene rings is 1. The quantitative estimate of drug-likeness (QED) is 0.321. The molecule has 0 heterocycles. The van der Waals surface area contributed by atoms with E-state index in [1.165, 1.54) is 11.9 Å². The van der Waals surface area contributed by atoms with Crippen molar-refractivity contribution < 1.29 is 14.7 Å². The zero-order valence-electron chi connectivity index (χ0n) is 10.3. The summed E-state index contributed by atoms with van der Waals surface area (Å²) in [5.41, 5.74) is 5.91. The van der Waals surface area contributed by atoms with Gasteiger partial charge in [-0.3, -0.25) is 0 Å². The van der Waals surface area contributed by atoms with Gasteiger partial charge in [0.05, 0.1) is 13.7 Å². The second kappa shape index (κ2) is 6.33. The molecule has 7 nitrogen and oxygen atoms in total. The Morgan fingerprint density at radius 2 is 2.33 bits per heavy atom. The molecule has 0 saturated heterocycles. The van der Waals surface area contributed by atoms with Crippen LogP contribution in [0.3, 0.4) is 0 Å². The van der Waals surface area contributed by atoms with E-state index in [2.05, 4.69) is 10.5 Å². The number of amides is 2. The fourth-order valence-electron chi connectivity index (χ4n) is 1.27. The van der Waals surface area contributed by atoms with Gasteiger partial charge in [0.2, 0.25) is 0 Å². The van der Waals surface area contributed by atoms with Gasteiger partial charge in [0.25, 0.3) is 0 Å². The van der Waals surface area contributed by atoms with E-state index in [1.807, 2.05) is 0 Å². The van der Waals surface area contributed by atoms with Crippen LogP contribution < -0.4 is 15.8 Å². The van der Waals surface area contributed by atoms with E-state index in [4.69, 9.17) is 15.7 Å². The summed E-state index contributed by atoms with van der Waals surface area (Å²) in [6.45, 7) is 0.0340. The van der Waals surface area contributed by atoms with Crippen LogP contribution in [0.5, 0.6) is 5.75 Å². The number of hydrogen-bond acceptors (Lipinski definition) is 4. The van der Waals surface area contributed by atoms with Crippen molar-refractivity contribution in [2.24, 2.45) is 10.9 Å². The monoisotopic (exact) mass is 252 g/mol. The van der Waals surface area contributed by atoms with Crippen LogP contribution in [0, 0.1) is 0 Å². The van der Waals surface area contributed by atoms with E-state index in [0.29, 0.717) is 11.4 Å². The molecular formula is C11H16N4O3. The Balaban J connectivity index is 2.63. The highest BCUT2D eigenvalue weighted by atomic mass is 16.5. The number of nitrogens with two attached hydrogens (primary N) is 1. The number of oxime groups is 1. The Labute approximate surface area is 105 Å². The van der Waals surface area contributed by atoms with Crippen LogP contribution in [-0.4, -0.2) is 42.7 Å². The number of hydrogen-bond donors (Lipinski definition) is 3. The minimum absolute atomic E-state index is 0.0340. The molecule has 0 aliphatic rings. The van der Waals surface area contributed by atoms with Crippen LogP contribution in [0.1, 0.15) is 0 Å². The van der Waals surface area contributed by atoms with E-state index in [9.17, 15) is 4.79 Å². The molecule has 0 bridgehead atoms. The number of methoxy groups -OCH3 is 1. The summed E-state index contributed by atoms with van der Waals surface area (Å²) in [7, 11) is 3.08. The standard InChI is InChI=1S/C11H16N4O3/c1-15(7-10(12)14-17)11(16)13-8-4-3-5-9(6-8)18-2/h3-6,17H,7H2,1-2H3,(H2,12,14)(H,13,16). The van der Waals surface area contributed by atoms with E-state index in [-0.39, 0.29) is 18.4 Å². The third kappa shape index (κ3) is 3.85. The first-order valence-electron chi connectivity index (χ1n) is 5.19. The molecule has 0 radical (unpaired) electrons. The average molecular weight is 252 g/mol. The molecule has 1 aromatic rings. The SMILES string of the molecule is COc1cccc(NC(=O)N(C)CC(N)=NO)c1. The van der Waals surface area contributed by atoms with E-state index in [0.717, 1.165) is 0 Å². The maximum Gasteiger partial charge on any atom is 0.321 e. The molecule has 0 unspecified atom stereocenters. The molecule has 1 rings (SSSR count). The topological polar surface area (TPSA) is 100 Å². The van der Waals surface area contributed by atoms with Crippen molar-refractivity contribution >= 4 is 17.6 Å². The molecule has 0 spiro atoms. The van der Waals surface area contributed by atoms with Gasteiger partial charge >= 0.3 is 6.03 Å². The number of anilines is 1. The lowest BCUT2D eigenvalue weighted by atomic mass is 10.3. The molecule has 4 N–H and O–H groups in total. The minimum Gasteiger partial charge on any atom is -0.497 e. The van der Waals surface area contributed by atoms with Gasteiger partial charge in [-0.15, -0.1) is 0 Å². The van der Waals surface area contributed by atoms with E-state index in [1.54, 1.807) is 31.4 Å². The van der Waals surface area contributed by atoms with Crippen LogP contribution in [0.2, 0.25) is 0 Å². The van der Waals surface area contributed by atoms with E-state index >= 15 is 0 Å². The molecule has 98 valence electrons. The smallest absolute Gasteiger partial charge is 0.321 e. The fourth-order valence-corrected chi connectivity index (χ4v) is 1.27. The highest BCUT2D eigenvalue weighted by Gasteiger charge is 2.10. The molecule has 0 saturated carbocycles. The van der Waals surface area contributed by atoms with E-state index < -0.39 is 0 Å². The van der Waals surface area contributed by atoms with Crippen molar-refractivity contribution in [3.05, 3.63) is 24.3 Å². The molecule has 7 heteroatoms. The Morgan fingerprint density at radius 1 is 1.61 bits per heavy atom. The number of amidine groups is 1. The number of urea groups is 1. The third-order valence-corrected chi connectivity index (χ3v) is 2.20. The number of rotatable bonds is 4. The predicted octanol–water partition coefficient (Wildman–Crippen LogP) is 0.905.